The summed E-state index contributed by atoms with van der Waals surface area (Å²) in [4.78, 5) is 6.63. The van der Waals surface area contributed by atoms with Gasteiger partial charge in [-0.2, -0.15) is 11.8 Å². The molecule has 0 amide bonds. The van der Waals surface area contributed by atoms with Crippen molar-refractivity contribution in [1.82, 2.24) is 4.98 Å². The Labute approximate surface area is 105 Å². The van der Waals surface area contributed by atoms with E-state index >= 15 is 0 Å². The average Bonchev–Trinajstić information content (AvgIpc) is 2.29. The number of pyridine rings is 1. The highest BCUT2D eigenvalue weighted by atomic mass is 35.5. The number of hydrogen-bond acceptors (Lipinski definition) is 4. The lowest BCUT2D eigenvalue weighted by Gasteiger charge is -2.32. The molecule has 0 saturated carbocycles. The van der Waals surface area contributed by atoms with Gasteiger partial charge in [-0.3, -0.25) is 0 Å². The van der Waals surface area contributed by atoms with Gasteiger partial charge in [-0.15, -0.1) is 0 Å². The van der Waals surface area contributed by atoms with Crippen molar-refractivity contribution in [2.24, 2.45) is 5.73 Å². The fraction of sp³-hybridized carbons (Fsp3) is 0.545. The fourth-order valence-electron chi connectivity index (χ4n) is 1.86. The molecule has 0 aromatic carbocycles. The molecule has 3 nitrogen and oxygen atoms in total. The first-order valence-corrected chi connectivity index (χ1v) is 6.85. The number of halogens is 1. The zero-order valence-corrected chi connectivity index (χ0v) is 10.9. The van der Waals surface area contributed by atoms with Crippen LogP contribution in [0.1, 0.15) is 12.5 Å². The van der Waals surface area contributed by atoms with E-state index in [4.69, 9.17) is 17.3 Å². The Bertz CT molecular complexity index is 372. The summed E-state index contributed by atoms with van der Waals surface area (Å²) in [6, 6.07) is 1.88. The van der Waals surface area contributed by atoms with E-state index in [0.29, 0.717) is 16.8 Å². The molecule has 1 atom stereocenters. The first-order valence-electron chi connectivity index (χ1n) is 5.42. The Morgan fingerprint density at radius 2 is 2.50 bits per heavy atom. The van der Waals surface area contributed by atoms with E-state index in [1.54, 1.807) is 6.20 Å². The molecule has 1 fully saturated rings. The van der Waals surface area contributed by atoms with Gasteiger partial charge in [0.1, 0.15) is 5.82 Å². The monoisotopic (exact) mass is 257 g/mol. The van der Waals surface area contributed by atoms with Crippen LogP contribution in [-0.2, 0) is 6.54 Å². The molecule has 1 aromatic rings. The van der Waals surface area contributed by atoms with Gasteiger partial charge in [-0.25, -0.2) is 4.98 Å². The Morgan fingerprint density at radius 3 is 3.19 bits per heavy atom. The first-order chi connectivity index (χ1) is 7.72. The lowest BCUT2D eigenvalue weighted by atomic mass is 10.2. The normalized spacial score (nSPS) is 21.2. The van der Waals surface area contributed by atoms with Gasteiger partial charge < -0.3 is 10.6 Å². The van der Waals surface area contributed by atoms with Crippen LogP contribution in [0.3, 0.4) is 0 Å². The van der Waals surface area contributed by atoms with Crippen molar-refractivity contribution in [2.45, 2.75) is 18.7 Å². The lowest BCUT2D eigenvalue weighted by Crippen LogP contribution is -2.37. The molecule has 0 bridgehead atoms. The van der Waals surface area contributed by atoms with Crippen molar-refractivity contribution in [1.29, 1.82) is 0 Å². The van der Waals surface area contributed by atoms with Crippen LogP contribution in [-0.4, -0.2) is 29.1 Å². The second-order valence-corrected chi connectivity index (χ2v) is 5.86. The Kier molecular flexibility index (Phi) is 3.95. The topological polar surface area (TPSA) is 42.2 Å². The third kappa shape index (κ3) is 2.44. The molecule has 16 heavy (non-hydrogen) atoms. The Morgan fingerprint density at radius 1 is 1.69 bits per heavy atom. The molecule has 2 rings (SSSR count). The minimum atomic E-state index is 0.465. The van der Waals surface area contributed by atoms with Crippen LogP contribution >= 0.6 is 23.4 Å². The number of aromatic nitrogens is 1. The Hall–Kier alpha value is -0.450. The van der Waals surface area contributed by atoms with E-state index in [9.17, 15) is 0 Å². The fourth-order valence-corrected chi connectivity index (χ4v) is 3.18. The van der Waals surface area contributed by atoms with Gasteiger partial charge in [0.2, 0.25) is 0 Å². The first kappa shape index (κ1) is 12.0. The highest BCUT2D eigenvalue weighted by Gasteiger charge is 2.20. The van der Waals surface area contributed by atoms with Crippen LogP contribution in [0.4, 0.5) is 5.82 Å². The molecule has 2 N–H and O–H groups in total. The molecule has 5 heteroatoms. The van der Waals surface area contributed by atoms with Gasteiger partial charge in [0, 0.05) is 36.8 Å². The molecule has 0 radical (unpaired) electrons. The molecule has 1 aromatic heterocycles. The van der Waals surface area contributed by atoms with E-state index < -0.39 is 0 Å². The molecule has 0 aliphatic carbocycles. The molecular weight excluding hydrogens is 242 g/mol. The highest BCUT2D eigenvalue weighted by molar-refractivity contribution is 8.00. The van der Waals surface area contributed by atoms with Gasteiger partial charge in [0.15, 0.2) is 0 Å². The minimum Gasteiger partial charge on any atom is -0.353 e. The number of rotatable bonds is 2. The van der Waals surface area contributed by atoms with Gasteiger partial charge in [-0.1, -0.05) is 18.5 Å². The molecule has 1 saturated heterocycles. The van der Waals surface area contributed by atoms with Crippen molar-refractivity contribution in [3.63, 3.8) is 0 Å². The summed E-state index contributed by atoms with van der Waals surface area (Å²) in [6.07, 6.45) is 1.79. The number of thioether (sulfide) groups is 1. The zero-order valence-electron chi connectivity index (χ0n) is 9.32. The number of anilines is 1. The quantitative estimate of drug-likeness (QED) is 0.882. The molecule has 0 spiro atoms. The van der Waals surface area contributed by atoms with Gasteiger partial charge >= 0.3 is 0 Å². The van der Waals surface area contributed by atoms with Crippen molar-refractivity contribution < 1.29 is 0 Å². The van der Waals surface area contributed by atoms with Gasteiger partial charge in [0.25, 0.3) is 0 Å². The largest absolute Gasteiger partial charge is 0.353 e. The van der Waals surface area contributed by atoms with Crippen LogP contribution in [0.5, 0.6) is 0 Å². The van der Waals surface area contributed by atoms with Crippen LogP contribution < -0.4 is 10.6 Å². The van der Waals surface area contributed by atoms with E-state index in [-0.39, 0.29) is 0 Å². The predicted molar refractivity (Wildman–Crippen MR) is 71.3 cm³/mol. The molecule has 1 aliphatic heterocycles. The summed E-state index contributed by atoms with van der Waals surface area (Å²) < 4.78 is 0. The lowest BCUT2D eigenvalue weighted by molar-refractivity contribution is 0.769. The highest BCUT2D eigenvalue weighted by Crippen LogP contribution is 2.30. The number of nitrogens with zero attached hydrogens (tertiary/aromatic N) is 2. The smallest absolute Gasteiger partial charge is 0.147 e. The summed E-state index contributed by atoms with van der Waals surface area (Å²) in [7, 11) is 0. The zero-order chi connectivity index (χ0) is 11.5. The van der Waals surface area contributed by atoms with Crippen LogP contribution in [0.15, 0.2) is 12.3 Å². The second kappa shape index (κ2) is 5.25. The van der Waals surface area contributed by atoms with E-state index in [2.05, 4.69) is 16.8 Å². The van der Waals surface area contributed by atoms with Crippen LogP contribution in [0.25, 0.3) is 0 Å². The van der Waals surface area contributed by atoms with E-state index in [1.807, 2.05) is 17.8 Å². The molecule has 1 unspecified atom stereocenters. The van der Waals surface area contributed by atoms with E-state index in [1.165, 1.54) is 0 Å². The van der Waals surface area contributed by atoms with Crippen molar-refractivity contribution >= 4 is 29.2 Å². The Balaban J connectivity index is 2.25. The molecule has 1 aliphatic rings. The molecular formula is C11H16ClN3S. The summed E-state index contributed by atoms with van der Waals surface area (Å²) >= 11 is 8.29. The second-order valence-electron chi connectivity index (χ2n) is 3.94. The molecule has 2 heterocycles. The predicted octanol–water partition coefficient (Wildman–Crippen LogP) is 2.14. The summed E-state index contributed by atoms with van der Waals surface area (Å²) in [6.45, 7) is 4.71. The number of nitrogens with two attached hydrogens (primary N) is 1. The van der Waals surface area contributed by atoms with Crippen LogP contribution in [0.2, 0.25) is 5.02 Å². The SMILES string of the molecule is CC1CN(c2nccc(CN)c2Cl)CCS1. The summed E-state index contributed by atoms with van der Waals surface area (Å²) in [5, 5.41) is 1.34. The van der Waals surface area contributed by atoms with Gasteiger partial charge in [0.05, 0.1) is 5.02 Å². The van der Waals surface area contributed by atoms with Crippen LogP contribution in [0, 0.1) is 0 Å². The molecule has 88 valence electrons. The van der Waals surface area contributed by atoms with E-state index in [0.717, 1.165) is 30.2 Å². The standard InChI is InChI=1S/C11H16ClN3S/c1-8-7-15(4-5-16-8)11-10(12)9(6-13)2-3-14-11/h2-3,8H,4-7,13H2,1H3. The third-order valence-electron chi connectivity index (χ3n) is 2.71. The average molecular weight is 258 g/mol. The number of hydrogen-bond donors (Lipinski definition) is 1. The summed E-state index contributed by atoms with van der Waals surface area (Å²) in [5.74, 6) is 2.02. The third-order valence-corrected chi connectivity index (χ3v) is 4.26. The maximum atomic E-state index is 6.30. The maximum absolute atomic E-state index is 6.30. The van der Waals surface area contributed by atoms with Crippen molar-refractivity contribution in [2.75, 3.05) is 23.7 Å². The maximum Gasteiger partial charge on any atom is 0.147 e. The van der Waals surface area contributed by atoms with Crippen molar-refractivity contribution in [3.8, 4) is 0 Å². The minimum absolute atomic E-state index is 0.465. The van der Waals surface area contributed by atoms with Crippen molar-refractivity contribution in [3.05, 3.63) is 22.8 Å². The summed E-state index contributed by atoms with van der Waals surface area (Å²) in [5.41, 5.74) is 6.61. The van der Waals surface area contributed by atoms with Gasteiger partial charge in [-0.05, 0) is 11.6 Å².